The first-order chi connectivity index (χ1) is 8.49. The van der Waals surface area contributed by atoms with Gasteiger partial charge in [0.05, 0.1) is 5.69 Å². The zero-order valence-electron chi connectivity index (χ0n) is 9.81. The Kier molecular flexibility index (Phi) is 3.92. The third-order valence-electron chi connectivity index (χ3n) is 3.16. The maximum Gasteiger partial charge on any atom is 0.326 e. The molecule has 1 aromatic rings. The van der Waals surface area contributed by atoms with Gasteiger partial charge in [-0.3, -0.25) is 0 Å². The molecule has 2 rings (SSSR count). The number of carboxylic acid groups (broad SMARTS) is 1. The molecule has 0 radical (unpaired) electrons. The molecule has 1 fully saturated rings. The quantitative estimate of drug-likeness (QED) is 0.906. The number of halogens is 2. The number of aromatic nitrogens is 2. The molecule has 2 heterocycles. The maximum absolute atomic E-state index is 11.3. The van der Waals surface area contributed by atoms with Crippen LogP contribution in [0.25, 0.3) is 0 Å². The van der Waals surface area contributed by atoms with E-state index >= 15 is 0 Å². The second-order valence-electron chi connectivity index (χ2n) is 4.52. The van der Waals surface area contributed by atoms with Crippen molar-refractivity contribution in [3.8, 4) is 0 Å². The summed E-state index contributed by atoms with van der Waals surface area (Å²) in [6.07, 6.45) is 1.51. The van der Waals surface area contributed by atoms with Gasteiger partial charge in [-0.25, -0.2) is 4.79 Å². The van der Waals surface area contributed by atoms with E-state index in [0.717, 1.165) is 6.42 Å². The molecule has 7 heteroatoms. The van der Waals surface area contributed by atoms with Crippen molar-refractivity contribution in [2.45, 2.75) is 25.8 Å². The Morgan fingerprint density at radius 2 is 2.22 bits per heavy atom. The maximum atomic E-state index is 11.3. The van der Waals surface area contributed by atoms with Crippen molar-refractivity contribution in [1.82, 2.24) is 10.2 Å². The Balaban J connectivity index is 2.35. The lowest BCUT2D eigenvalue weighted by molar-refractivity contribution is -0.139. The van der Waals surface area contributed by atoms with E-state index in [1.165, 1.54) is 0 Å². The van der Waals surface area contributed by atoms with Gasteiger partial charge < -0.3 is 10.0 Å². The average molecular weight is 290 g/mol. The minimum Gasteiger partial charge on any atom is -0.480 e. The molecular formula is C11H13Cl2N3O2. The highest BCUT2D eigenvalue weighted by Crippen LogP contribution is 2.32. The van der Waals surface area contributed by atoms with Gasteiger partial charge in [-0.15, -0.1) is 10.2 Å². The summed E-state index contributed by atoms with van der Waals surface area (Å²) in [5.41, 5.74) is 0.538. The second kappa shape index (κ2) is 5.28. The van der Waals surface area contributed by atoms with Crippen LogP contribution in [0, 0.1) is 5.92 Å². The normalized spacial score (nSPS) is 24.1. The van der Waals surface area contributed by atoms with Crippen molar-refractivity contribution in [3.63, 3.8) is 0 Å². The average Bonchev–Trinajstić information content (AvgIpc) is 2.32. The van der Waals surface area contributed by atoms with Crippen LogP contribution in [-0.2, 0) is 4.79 Å². The van der Waals surface area contributed by atoms with Gasteiger partial charge in [-0.1, -0.05) is 30.1 Å². The summed E-state index contributed by atoms with van der Waals surface area (Å²) in [6.45, 7) is 2.67. The van der Waals surface area contributed by atoms with E-state index in [-0.39, 0.29) is 10.3 Å². The molecule has 1 aromatic heterocycles. The minimum atomic E-state index is -0.856. The summed E-state index contributed by atoms with van der Waals surface area (Å²) in [7, 11) is 0. The molecule has 2 unspecified atom stereocenters. The number of rotatable bonds is 2. The number of anilines is 1. The van der Waals surface area contributed by atoms with Crippen molar-refractivity contribution < 1.29 is 9.90 Å². The summed E-state index contributed by atoms with van der Waals surface area (Å²) in [4.78, 5) is 13.1. The van der Waals surface area contributed by atoms with Gasteiger partial charge in [0.2, 0.25) is 0 Å². The summed E-state index contributed by atoms with van der Waals surface area (Å²) >= 11 is 11.8. The Labute approximate surface area is 115 Å². The number of nitrogens with zero attached hydrogens (tertiary/aromatic N) is 3. The predicted molar refractivity (Wildman–Crippen MR) is 69.2 cm³/mol. The molecule has 0 aliphatic carbocycles. The molecule has 1 aliphatic rings. The summed E-state index contributed by atoms with van der Waals surface area (Å²) in [5.74, 6) is -0.475. The molecule has 0 spiro atoms. The van der Waals surface area contributed by atoms with Gasteiger partial charge in [0, 0.05) is 12.6 Å². The molecular weight excluding hydrogens is 277 g/mol. The molecule has 2 atom stereocenters. The lowest BCUT2D eigenvalue weighted by Crippen LogP contribution is -2.47. The molecule has 0 bridgehead atoms. The number of carboxylic acids is 1. The van der Waals surface area contributed by atoms with Gasteiger partial charge in [-0.2, -0.15) is 0 Å². The molecule has 1 saturated heterocycles. The van der Waals surface area contributed by atoms with Gasteiger partial charge >= 0.3 is 5.97 Å². The van der Waals surface area contributed by atoms with Crippen LogP contribution in [-0.4, -0.2) is 33.9 Å². The summed E-state index contributed by atoms with van der Waals surface area (Å²) in [6, 6.07) is 0.967. The standard InChI is InChI=1S/C11H13Cl2N3O2/c1-6-2-3-16(8(4-6)11(17)18)7-5-9(12)14-15-10(7)13/h5-6,8H,2-4H2,1H3,(H,17,18). The fraction of sp³-hybridized carbons (Fsp3) is 0.545. The minimum absolute atomic E-state index is 0.181. The topological polar surface area (TPSA) is 66.3 Å². The number of hydrogen-bond donors (Lipinski definition) is 1. The highest BCUT2D eigenvalue weighted by molar-refractivity contribution is 6.33. The van der Waals surface area contributed by atoms with E-state index in [1.54, 1.807) is 11.0 Å². The monoisotopic (exact) mass is 289 g/mol. The van der Waals surface area contributed by atoms with Gasteiger partial charge in [0.25, 0.3) is 0 Å². The van der Waals surface area contributed by atoms with Gasteiger partial charge in [-0.05, 0) is 18.8 Å². The van der Waals surface area contributed by atoms with Crippen molar-refractivity contribution in [2.24, 2.45) is 5.92 Å². The fourth-order valence-corrected chi connectivity index (χ4v) is 2.55. The van der Waals surface area contributed by atoms with E-state index in [0.29, 0.717) is 24.6 Å². The first-order valence-corrected chi connectivity index (χ1v) is 6.42. The largest absolute Gasteiger partial charge is 0.480 e. The molecule has 0 aromatic carbocycles. The Bertz CT molecular complexity index is 470. The van der Waals surface area contributed by atoms with Crippen LogP contribution >= 0.6 is 23.2 Å². The lowest BCUT2D eigenvalue weighted by Gasteiger charge is -2.37. The van der Waals surface area contributed by atoms with E-state index in [2.05, 4.69) is 10.2 Å². The van der Waals surface area contributed by atoms with E-state index < -0.39 is 12.0 Å². The summed E-state index contributed by atoms with van der Waals surface area (Å²) < 4.78 is 0. The fourth-order valence-electron chi connectivity index (χ4n) is 2.21. The third-order valence-corrected chi connectivity index (χ3v) is 3.61. The van der Waals surface area contributed by atoms with E-state index in [4.69, 9.17) is 23.2 Å². The number of aliphatic carboxylic acids is 1. The van der Waals surface area contributed by atoms with Crippen LogP contribution in [0.1, 0.15) is 19.8 Å². The van der Waals surface area contributed by atoms with Crippen molar-refractivity contribution in [1.29, 1.82) is 0 Å². The second-order valence-corrected chi connectivity index (χ2v) is 5.27. The highest BCUT2D eigenvalue weighted by atomic mass is 35.5. The smallest absolute Gasteiger partial charge is 0.326 e. The Morgan fingerprint density at radius 3 is 2.89 bits per heavy atom. The third kappa shape index (κ3) is 2.67. The molecule has 1 aliphatic heterocycles. The van der Waals surface area contributed by atoms with E-state index in [1.807, 2.05) is 6.92 Å². The van der Waals surface area contributed by atoms with Crippen molar-refractivity contribution in [2.75, 3.05) is 11.4 Å². The zero-order chi connectivity index (χ0) is 13.3. The van der Waals surface area contributed by atoms with E-state index in [9.17, 15) is 9.90 Å². The van der Waals surface area contributed by atoms with Gasteiger partial charge in [0.15, 0.2) is 10.3 Å². The molecule has 0 saturated carbocycles. The first kappa shape index (κ1) is 13.4. The zero-order valence-corrected chi connectivity index (χ0v) is 11.3. The lowest BCUT2D eigenvalue weighted by atomic mass is 9.92. The molecule has 1 N–H and O–H groups in total. The van der Waals surface area contributed by atoms with Crippen LogP contribution < -0.4 is 4.90 Å². The van der Waals surface area contributed by atoms with Crippen LogP contribution in [0.4, 0.5) is 5.69 Å². The predicted octanol–water partition coefficient (Wildman–Crippen LogP) is 2.47. The molecule has 18 heavy (non-hydrogen) atoms. The molecule has 0 amide bonds. The molecule has 5 nitrogen and oxygen atoms in total. The van der Waals surface area contributed by atoms with Crippen LogP contribution in [0.2, 0.25) is 10.3 Å². The Morgan fingerprint density at radius 1 is 1.50 bits per heavy atom. The van der Waals surface area contributed by atoms with Crippen molar-refractivity contribution >= 4 is 34.9 Å². The number of hydrogen-bond acceptors (Lipinski definition) is 4. The van der Waals surface area contributed by atoms with Crippen LogP contribution in [0.5, 0.6) is 0 Å². The van der Waals surface area contributed by atoms with Crippen LogP contribution in [0.15, 0.2) is 6.07 Å². The van der Waals surface area contributed by atoms with Crippen LogP contribution in [0.3, 0.4) is 0 Å². The van der Waals surface area contributed by atoms with Crippen molar-refractivity contribution in [3.05, 3.63) is 16.4 Å². The first-order valence-electron chi connectivity index (χ1n) is 5.67. The van der Waals surface area contributed by atoms with Gasteiger partial charge in [0.1, 0.15) is 6.04 Å². The Hall–Kier alpha value is -1.07. The summed E-state index contributed by atoms with van der Waals surface area (Å²) in [5, 5.41) is 17.0. The number of piperidine rings is 1. The number of carbonyl (C=O) groups is 1. The highest BCUT2D eigenvalue weighted by Gasteiger charge is 2.33. The molecule has 98 valence electrons. The SMILES string of the molecule is CC1CCN(c2cc(Cl)nnc2Cl)C(C(=O)O)C1.